The molecule has 0 aliphatic carbocycles. The van der Waals surface area contributed by atoms with E-state index in [1.165, 1.54) is 19.3 Å². The van der Waals surface area contributed by atoms with Crippen LogP contribution in [0.5, 0.6) is 11.5 Å². The normalized spacial score (nSPS) is 15.1. The van der Waals surface area contributed by atoms with Crippen molar-refractivity contribution in [3.63, 3.8) is 0 Å². The topological polar surface area (TPSA) is 73.6 Å². The van der Waals surface area contributed by atoms with Gasteiger partial charge >= 0.3 is 0 Å². The minimum absolute atomic E-state index is 0.0158. The lowest BCUT2D eigenvalue weighted by atomic mass is 9.84. The first-order valence-electron chi connectivity index (χ1n) is 10.3. The standard InChI is InChI=1S/C24H32BrNO3/c1-16(7-5-4-6-10-25)18(3)20-14-22(28)24(23(29)15-20)21(13-17(2)27)19-8-11-26-12-9-19/h8-9,11-18,27-29H,4-7,10H2,1-3H3. The van der Waals surface area contributed by atoms with E-state index in [0.29, 0.717) is 17.1 Å². The third-order valence-corrected chi connectivity index (χ3v) is 6.02. The van der Waals surface area contributed by atoms with Crippen molar-refractivity contribution >= 4 is 21.5 Å². The van der Waals surface area contributed by atoms with Gasteiger partial charge in [0.1, 0.15) is 11.5 Å². The van der Waals surface area contributed by atoms with Crippen LogP contribution >= 0.6 is 15.9 Å². The van der Waals surface area contributed by atoms with Crippen LogP contribution in [0.1, 0.15) is 69.1 Å². The smallest absolute Gasteiger partial charge is 0.127 e. The third-order valence-electron chi connectivity index (χ3n) is 5.46. The number of hydrogen-bond acceptors (Lipinski definition) is 4. The number of aromatic nitrogens is 1. The van der Waals surface area contributed by atoms with Gasteiger partial charge in [-0.2, -0.15) is 0 Å². The zero-order valence-corrected chi connectivity index (χ0v) is 19.1. The predicted molar refractivity (Wildman–Crippen MR) is 123 cm³/mol. The number of aliphatic hydroxyl groups excluding tert-OH is 1. The summed E-state index contributed by atoms with van der Waals surface area (Å²) < 4.78 is 0. The fraction of sp³-hybridized carbons (Fsp3) is 0.458. The number of alkyl halides is 1. The highest BCUT2D eigenvalue weighted by atomic mass is 79.9. The summed E-state index contributed by atoms with van der Waals surface area (Å²) >= 11 is 3.47. The molecule has 4 nitrogen and oxygen atoms in total. The highest BCUT2D eigenvalue weighted by molar-refractivity contribution is 9.09. The van der Waals surface area contributed by atoms with Crippen LogP contribution in [0.25, 0.3) is 5.57 Å². The molecule has 2 aromatic rings. The van der Waals surface area contributed by atoms with Crippen LogP contribution in [0.2, 0.25) is 0 Å². The Morgan fingerprint density at radius 3 is 2.21 bits per heavy atom. The zero-order chi connectivity index (χ0) is 21.4. The maximum atomic E-state index is 10.8. The average Bonchev–Trinajstić information content (AvgIpc) is 2.69. The van der Waals surface area contributed by atoms with Gasteiger partial charge in [-0.05, 0) is 72.2 Å². The maximum absolute atomic E-state index is 10.8. The van der Waals surface area contributed by atoms with Gasteiger partial charge in [0.05, 0.1) is 11.7 Å². The molecule has 0 spiro atoms. The zero-order valence-electron chi connectivity index (χ0n) is 17.5. The van der Waals surface area contributed by atoms with Gasteiger partial charge in [0.2, 0.25) is 0 Å². The number of phenolic OH excluding ortho intramolecular Hbond substituents is 2. The van der Waals surface area contributed by atoms with E-state index in [0.717, 1.165) is 22.9 Å². The second-order valence-corrected chi connectivity index (χ2v) is 8.59. The fourth-order valence-electron chi connectivity index (χ4n) is 3.58. The number of benzene rings is 1. The Morgan fingerprint density at radius 1 is 1.03 bits per heavy atom. The first-order chi connectivity index (χ1) is 13.8. The third kappa shape index (κ3) is 6.58. The molecular formula is C24H32BrNO3. The molecule has 0 fully saturated rings. The number of pyridine rings is 1. The molecule has 1 aromatic heterocycles. The Hall–Kier alpha value is -1.85. The molecule has 1 heterocycles. The Morgan fingerprint density at radius 2 is 1.66 bits per heavy atom. The fourth-order valence-corrected chi connectivity index (χ4v) is 3.98. The molecule has 2 rings (SSSR count). The summed E-state index contributed by atoms with van der Waals surface area (Å²) in [6.07, 6.45) is 8.87. The Kier molecular flexibility index (Phi) is 9.18. The number of phenols is 2. The maximum Gasteiger partial charge on any atom is 0.127 e. The molecule has 29 heavy (non-hydrogen) atoms. The van der Waals surface area contributed by atoms with Crippen LogP contribution in [-0.4, -0.2) is 31.7 Å². The van der Waals surface area contributed by atoms with E-state index in [1.54, 1.807) is 49.7 Å². The van der Waals surface area contributed by atoms with E-state index in [-0.39, 0.29) is 17.4 Å². The van der Waals surface area contributed by atoms with Crippen LogP contribution in [0.4, 0.5) is 0 Å². The van der Waals surface area contributed by atoms with Crippen LogP contribution in [-0.2, 0) is 0 Å². The number of aliphatic hydroxyl groups is 1. The van der Waals surface area contributed by atoms with Crippen molar-refractivity contribution in [3.8, 4) is 11.5 Å². The molecule has 3 unspecified atom stereocenters. The van der Waals surface area contributed by atoms with Crippen molar-refractivity contribution in [3.05, 3.63) is 59.4 Å². The lowest BCUT2D eigenvalue weighted by Gasteiger charge is -2.22. The molecule has 3 atom stereocenters. The number of rotatable bonds is 10. The number of halogens is 1. The summed E-state index contributed by atoms with van der Waals surface area (Å²) in [4.78, 5) is 4.02. The van der Waals surface area contributed by atoms with E-state index in [4.69, 9.17) is 0 Å². The summed E-state index contributed by atoms with van der Waals surface area (Å²) in [5.74, 6) is 0.696. The lowest BCUT2D eigenvalue weighted by molar-refractivity contribution is 0.244. The van der Waals surface area contributed by atoms with Gasteiger partial charge in [-0.25, -0.2) is 0 Å². The predicted octanol–water partition coefficient (Wildman–Crippen LogP) is 6.00. The quantitative estimate of drug-likeness (QED) is 0.299. The minimum Gasteiger partial charge on any atom is -0.507 e. The molecule has 0 saturated heterocycles. The highest BCUT2D eigenvalue weighted by Crippen LogP contribution is 2.41. The van der Waals surface area contributed by atoms with Crippen molar-refractivity contribution in [2.24, 2.45) is 5.92 Å². The van der Waals surface area contributed by atoms with E-state index in [2.05, 4.69) is 34.8 Å². The second-order valence-electron chi connectivity index (χ2n) is 7.80. The average molecular weight is 462 g/mol. The number of nitrogens with zero attached hydrogens (tertiary/aromatic N) is 1. The number of unbranched alkanes of at least 4 members (excludes halogenated alkanes) is 2. The molecule has 0 aliphatic heterocycles. The van der Waals surface area contributed by atoms with Gasteiger partial charge in [-0.1, -0.05) is 49.0 Å². The van der Waals surface area contributed by atoms with Gasteiger partial charge < -0.3 is 15.3 Å². The molecule has 0 saturated carbocycles. The Bertz CT molecular complexity index is 782. The largest absolute Gasteiger partial charge is 0.507 e. The van der Waals surface area contributed by atoms with Gasteiger partial charge in [-0.15, -0.1) is 0 Å². The molecule has 0 radical (unpaired) electrons. The highest BCUT2D eigenvalue weighted by Gasteiger charge is 2.21. The summed E-state index contributed by atoms with van der Waals surface area (Å²) in [5, 5.41) is 32.5. The minimum atomic E-state index is -0.727. The first-order valence-corrected chi connectivity index (χ1v) is 11.4. The Labute approximate surface area is 182 Å². The molecule has 0 amide bonds. The molecule has 3 N–H and O–H groups in total. The van der Waals surface area contributed by atoms with Gasteiger partial charge in [0.15, 0.2) is 0 Å². The van der Waals surface area contributed by atoms with E-state index in [9.17, 15) is 15.3 Å². The number of aromatic hydroxyl groups is 2. The van der Waals surface area contributed by atoms with Gasteiger partial charge in [-0.3, -0.25) is 4.98 Å². The van der Waals surface area contributed by atoms with Crippen molar-refractivity contribution in [2.75, 3.05) is 5.33 Å². The van der Waals surface area contributed by atoms with Crippen molar-refractivity contribution < 1.29 is 15.3 Å². The van der Waals surface area contributed by atoms with E-state index in [1.807, 2.05) is 0 Å². The van der Waals surface area contributed by atoms with Gasteiger partial charge in [0.25, 0.3) is 0 Å². The summed E-state index contributed by atoms with van der Waals surface area (Å²) in [6.45, 7) is 6.00. The summed E-state index contributed by atoms with van der Waals surface area (Å²) in [6, 6.07) is 7.06. The molecule has 1 aromatic carbocycles. The second kappa shape index (κ2) is 11.4. The summed E-state index contributed by atoms with van der Waals surface area (Å²) in [5.41, 5.74) is 2.60. The summed E-state index contributed by atoms with van der Waals surface area (Å²) in [7, 11) is 0. The van der Waals surface area contributed by atoms with E-state index < -0.39 is 6.10 Å². The monoisotopic (exact) mass is 461 g/mol. The molecular weight excluding hydrogens is 430 g/mol. The van der Waals surface area contributed by atoms with Crippen LogP contribution in [0.3, 0.4) is 0 Å². The number of hydrogen-bond donors (Lipinski definition) is 3. The van der Waals surface area contributed by atoms with Crippen molar-refractivity contribution in [2.45, 2.75) is 58.5 Å². The lowest BCUT2D eigenvalue weighted by Crippen LogP contribution is -2.07. The van der Waals surface area contributed by atoms with Crippen LogP contribution in [0, 0.1) is 5.92 Å². The molecule has 0 bridgehead atoms. The van der Waals surface area contributed by atoms with E-state index >= 15 is 0 Å². The van der Waals surface area contributed by atoms with Gasteiger partial charge in [0, 0.05) is 17.7 Å². The molecule has 0 aliphatic rings. The van der Waals surface area contributed by atoms with Crippen molar-refractivity contribution in [1.82, 2.24) is 4.98 Å². The first kappa shape index (κ1) is 23.4. The SMILES string of the molecule is CC(O)C=C(c1ccncc1)c1c(O)cc(C(C)C(C)CCCCCBr)cc1O. The molecule has 5 heteroatoms. The molecule has 158 valence electrons. The van der Waals surface area contributed by atoms with Crippen LogP contribution < -0.4 is 0 Å². The van der Waals surface area contributed by atoms with Crippen LogP contribution in [0.15, 0.2) is 42.7 Å². The Balaban J connectivity index is 2.32. The van der Waals surface area contributed by atoms with Crippen molar-refractivity contribution in [1.29, 1.82) is 0 Å².